The number of hydrogen-bond donors (Lipinski definition) is 2. The van der Waals surface area contributed by atoms with Crippen LogP contribution in [-0.2, 0) is 11.3 Å². The van der Waals surface area contributed by atoms with Crippen molar-refractivity contribution in [3.05, 3.63) is 77.6 Å². The smallest absolute Gasteiger partial charge is 0.247 e. The van der Waals surface area contributed by atoms with E-state index in [-0.39, 0.29) is 23.1 Å². The Labute approximate surface area is 180 Å². The molecule has 3 N–H and O–H groups in total. The van der Waals surface area contributed by atoms with Gasteiger partial charge in [-0.2, -0.15) is 5.10 Å². The first-order valence-corrected chi connectivity index (χ1v) is 9.39. The summed E-state index contributed by atoms with van der Waals surface area (Å²) in [7, 11) is 0. The summed E-state index contributed by atoms with van der Waals surface area (Å²) in [6.45, 7) is 3.55. The summed E-state index contributed by atoms with van der Waals surface area (Å²) >= 11 is 5.93. The molecule has 0 saturated heterocycles. The summed E-state index contributed by atoms with van der Waals surface area (Å²) in [6, 6.07) is 8.49. The molecule has 2 heterocycles. The van der Waals surface area contributed by atoms with Gasteiger partial charge >= 0.3 is 0 Å². The predicted octanol–water partition coefficient (Wildman–Crippen LogP) is 4.18. The third kappa shape index (κ3) is 3.95. The quantitative estimate of drug-likeness (QED) is 0.453. The lowest BCUT2D eigenvalue weighted by Crippen LogP contribution is -2.10. The lowest BCUT2D eigenvalue weighted by atomic mass is 10.1. The van der Waals surface area contributed by atoms with E-state index in [4.69, 9.17) is 17.3 Å². The SMILES string of the molecule is C=CC(=O)Nc1cc(Cn2nc(-c3ccc(F)c(Cl)c3)c3c(N)ncnc32)ccc1F. The minimum atomic E-state index is -0.586. The summed E-state index contributed by atoms with van der Waals surface area (Å²) in [5.74, 6) is -1.47. The fourth-order valence-electron chi connectivity index (χ4n) is 3.11. The van der Waals surface area contributed by atoms with Crippen molar-refractivity contribution in [1.82, 2.24) is 19.7 Å². The largest absolute Gasteiger partial charge is 0.383 e. The number of nitrogens with one attached hydrogen (secondary N) is 1. The second-order valence-electron chi connectivity index (χ2n) is 6.60. The van der Waals surface area contributed by atoms with Crippen LogP contribution in [0.15, 0.2) is 55.4 Å². The third-order valence-electron chi connectivity index (χ3n) is 4.56. The van der Waals surface area contributed by atoms with Gasteiger partial charge in [-0.3, -0.25) is 4.79 Å². The molecule has 0 spiro atoms. The predicted molar refractivity (Wildman–Crippen MR) is 114 cm³/mol. The molecule has 156 valence electrons. The van der Waals surface area contributed by atoms with Crippen molar-refractivity contribution >= 4 is 40.0 Å². The highest BCUT2D eigenvalue weighted by molar-refractivity contribution is 6.31. The Kier molecular flexibility index (Phi) is 5.35. The van der Waals surface area contributed by atoms with Gasteiger partial charge in [-0.05, 0) is 42.0 Å². The molecule has 4 aromatic rings. The van der Waals surface area contributed by atoms with E-state index in [0.29, 0.717) is 27.9 Å². The first-order chi connectivity index (χ1) is 14.9. The average Bonchev–Trinajstić information content (AvgIpc) is 3.12. The summed E-state index contributed by atoms with van der Waals surface area (Å²) < 4.78 is 29.2. The molecule has 7 nitrogen and oxygen atoms in total. The molecule has 0 aliphatic heterocycles. The van der Waals surface area contributed by atoms with Crippen molar-refractivity contribution in [2.75, 3.05) is 11.1 Å². The normalized spacial score (nSPS) is 10.9. The van der Waals surface area contributed by atoms with Gasteiger partial charge in [0.25, 0.3) is 0 Å². The van der Waals surface area contributed by atoms with Gasteiger partial charge in [0.1, 0.15) is 29.5 Å². The van der Waals surface area contributed by atoms with Gasteiger partial charge in [0.2, 0.25) is 5.91 Å². The third-order valence-corrected chi connectivity index (χ3v) is 4.85. The molecule has 0 atom stereocenters. The van der Waals surface area contributed by atoms with Gasteiger partial charge in [0.15, 0.2) is 5.65 Å². The van der Waals surface area contributed by atoms with Gasteiger partial charge < -0.3 is 11.1 Å². The minimum absolute atomic E-state index is 0.0125. The van der Waals surface area contributed by atoms with Crippen LogP contribution in [0.4, 0.5) is 20.3 Å². The van der Waals surface area contributed by atoms with Crippen molar-refractivity contribution in [2.24, 2.45) is 0 Å². The van der Waals surface area contributed by atoms with Crippen molar-refractivity contribution in [3.8, 4) is 11.3 Å². The Morgan fingerprint density at radius 1 is 1.19 bits per heavy atom. The van der Waals surface area contributed by atoms with Crippen LogP contribution in [0.25, 0.3) is 22.3 Å². The number of nitrogen functional groups attached to an aromatic ring is 1. The number of nitrogens with two attached hydrogens (primary N) is 1. The zero-order valence-electron chi connectivity index (χ0n) is 15.9. The van der Waals surface area contributed by atoms with Crippen molar-refractivity contribution < 1.29 is 13.6 Å². The van der Waals surface area contributed by atoms with E-state index in [1.54, 1.807) is 10.7 Å². The average molecular weight is 441 g/mol. The number of fused-ring (bicyclic) bond motifs is 1. The van der Waals surface area contributed by atoms with Crippen molar-refractivity contribution in [3.63, 3.8) is 0 Å². The van der Waals surface area contributed by atoms with Crippen molar-refractivity contribution in [2.45, 2.75) is 6.54 Å². The monoisotopic (exact) mass is 440 g/mol. The molecular formula is C21H15ClF2N6O. The molecule has 31 heavy (non-hydrogen) atoms. The number of benzene rings is 2. The Hall–Kier alpha value is -3.85. The summed E-state index contributed by atoms with van der Waals surface area (Å²) in [6.07, 6.45) is 2.35. The van der Waals surface area contributed by atoms with Crippen LogP contribution in [0.3, 0.4) is 0 Å². The van der Waals surface area contributed by atoms with Gasteiger partial charge in [0, 0.05) is 5.56 Å². The zero-order valence-corrected chi connectivity index (χ0v) is 16.7. The van der Waals surface area contributed by atoms with Gasteiger partial charge in [-0.15, -0.1) is 0 Å². The lowest BCUT2D eigenvalue weighted by molar-refractivity contribution is -0.111. The van der Waals surface area contributed by atoms with Crippen LogP contribution in [0.5, 0.6) is 0 Å². The Balaban J connectivity index is 1.80. The topological polar surface area (TPSA) is 98.7 Å². The van der Waals surface area contributed by atoms with E-state index in [1.807, 2.05) is 0 Å². The minimum Gasteiger partial charge on any atom is -0.383 e. The number of hydrogen-bond acceptors (Lipinski definition) is 5. The van der Waals surface area contributed by atoms with Gasteiger partial charge in [-0.1, -0.05) is 24.2 Å². The van der Waals surface area contributed by atoms with E-state index in [0.717, 1.165) is 6.08 Å². The van der Waals surface area contributed by atoms with Crippen LogP contribution in [0, 0.1) is 11.6 Å². The molecule has 0 aliphatic rings. The van der Waals surface area contributed by atoms with Crippen molar-refractivity contribution in [1.29, 1.82) is 0 Å². The highest BCUT2D eigenvalue weighted by atomic mass is 35.5. The van der Waals surface area contributed by atoms with E-state index < -0.39 is 17.5 Å². The lowest BCUT2D eigenvalue weighted by Gasteiger charge is -2.08. The van der Waals surface area contributed by atoms with E-state index >= 15 is 0 Å². The molecule has 0 saturated carbocycles. The number of carbonyl (C=O) groups is 1. The Morgan fingerprint density at radius 3 is 2.71 bits per heavy atom. The highest BCUT2D eigenvalue weighted by Crippen LogP contribution is 2.32. The van der Waals surface area contributed by atoms with Gasteiger partial charge in [-0.25, -0.2) is 23.4 Å². The first kappa shape index (κ1) is 20.4. The zero-order chi connectivity index (χ0) is 22.1. The summed E-state index contributed by atoms with van der Waals surface area (Å²) in [4.78, 5) is 19.8. The number of amides is 1. The molecule has 0 aliphatic carbocycles. The van der Waals surface area contributed by atoms with Crippen LogP contribution in [0.2, 0.25) is 5.02 Å². The molecule has 0 radical (unpaired) electrons. The van der Waals surface area contributed by atoms with Crippen LogP contribution in [0.1, 0.15) is 5.56 Å². The number of nitrogens with zero attached hydrogens (tertiary/aromatic N) is 4. The molecule has 10 heteroatoms. The molecule has 4 rings (SSSR count). The summed E-state index contributed by atoms with van der Waals surface area (Å²) in [5, 5.41) is 7.41. The fourth-order valence-corrected chi connectivity index (χ4v) is 3.29. The number of halogens is 3. The highest BCUT2D eigenvalue weighted by Gasteiger charge is 2.18. The molecular weight excluding hydrogens is 426 g/mol. The maximum atomic E-state index is 14.1. The van der Waals surface area contributed by atoms with Crippen LogP contribution >= 0.6 is 11.6 Å². The molecule has 2 aromatic heterocycles. The maximum absolute atomic E-state index is 14.1. The molecule has 2 aromatic carbocycles. The van der Waals surface area contributed by atoms with E-state index in [1.165, 1.54) is 36.7 Å². The summed E-state index contributed by atoms with van der Waals surface area (Å²) in [5.41, 5.74) is 8.12. The first-order valence-electron chi connectivity index (χ1n) is 9.01. The standard InChI is InChI=1S/C21H15ClF2N6O/c1-2-17(31)28-16-7-11(3-5-15(16)24)9-30-21-18(20(25)26-10-27-21)19(29-30)12-4-6-14(23)13(22)8-12/h2-8,10H,1,9H2,(H,28,31)(H2,25,26,27). The molecule has 0 fully saturated rings. The second-order valence-corrected chi connectivity index (χ2v) is 7.01. The Morgan fingerprint density at radius 2 is 1.97 bits per heavy atom. The van der Waals surface area contributed by atoms with E-state index in [9.17, 15) is 13.6 Å². The number of anilines is 2. The maximum Gasteiger partial charge on any atom is 0.247 e. The Bertz CT molecular complexity index is 1340. The van der Waals surface area contributed by atoms with Gasteiger partial charge in [0.05, 0.1) is 22.6 Å². The van der Waals surface area contributed by atoms with Crippen LogP contribution < -0.4 is 11.1 Å². The number of carbonyl (C=O) groups excluding carboxylic acids is 1. The number of rotatable bonds is 5. The molecule has 0 bridgehead atoms. The second kappa shape index (κ2) is 8.11. The van der Waals surface area contributed by atoms with Crippen LogP contribution in [-0.4, -0.2) is 25.7 Å². The van der Waals surface area contributed by atoms with E-state index in [2.05, 4.69) is 27.0 Å². The molecule has 1 amide bonds. The fraction of sp³-hybridized carbons (Fsp3) is 0.0476. The molecule has 0 unspecified atom stereocenters. The number of aromatic nitrogens is 4.